The lowest BCUT2D eigenvalue weighted by atomic mass is 10.1. The van der Waals surface area contributed by atoms with E-state index >= 15 is 0 Å². The molecule has 5 nitrogen and oxygen atoms in total. The highest BCUT2D eigenvalue weighted by Gasteiger charge is 2.29. The number of ketones is 1. The lowest BCUT2D eigenvalue weighted by Gasteiger charge is -2.24. The number of rotatable bonds is 6. The molecule has 0 aliphatic carbocycles. The number of amides is 1. The molecule has 1 aliphatic heterocycles. The summed E-state index contributed by atoms with van der Waals surface area (Å²) in [5, 5.41) is 3.02. The Balaban J connectivity index is 2.26. The third-order valence-electron chi connectivity index (χ3n) is 3.22. The van der Waals surface area contributed by atoms with Gasteiger partial charge in [0.1, 0.15) is 0 Å². The topological polar surface area (TPSA) is 58.6 Å². The number of halogens is 1. The largest absolute Gasteiger partial charge is 0.380 e. The summed E-state index contributed by atoms with van der Waals surface area (Å²) >= 11 is 6.23. The highest BCUT2D eigenvalue weighted by Crippen LogP contribution is 2.34. The molecule has 20 heavy (non-hydrogen) atoms. The van der Waals surface area contributed by atoms with Crippen molar-refractivity contribution >= 4 is 34.7 Å². The molecule has 0 saturated heterocycles. The molecular weight excluding hydrogens is 280 g/mol. The Morgan fingerprint density at radius 1 is 1.30 bits per heavy atom. The quantitative estimate of drug-likeness (QED) is 0.646. The third kappa shape index (κ3) is 2.78. The van der Waals surface area contributed by atoms with Gasteiger partial charge in [0.2, 0.25) is 0 Å². The fourth-order valence-corrected chi connectivity index (χ4v) is 2.45. The number of hydrogen-bond acceptors (Lipinski definition) is 4. The van der Waals surface area contributed by atoms with Crippen LogP contribution in [0.4, 0.5) is 11.4 Å². The van der Waals surface area contributed by atoms with Crippen molar-refractivity contribution in [1.29, 1.82) is 0 Å². The van der Waals surface area contributed by atoms with Gasteiger partial charge in [0.05, 0.1) is 28.6 Å². The molecule has 0 unspecified atom stereocenters. The Hall–Kier alpha value is -1.59. The van der Waals surface area contributed by atoms with Crippen LogP contribution in [0.2, 0.25) is 5.02 Å². The molecule has 0 saturated carbocycles. The van der Waals surface area contributed by atoms with E-state index in [1.165, 1.54) is 0 Å². The number of Topliss-reactive ketones (excluding diaryl/α,β-unsaturated/α-hetero) is 1. The Morgan fingerprint density at radius 2 is 2.05 bits per heavy atom. The maximum atomic E-state index is 11.6. The molecule has 1 aromatic rings. The summed E-state index contributed by atoms with van der Waals surface area (Å²) in [6.07, 6.45) is 0. The van der Waals surface area contributed by atoms with Crippen LogP contribution in [0.1, 0.15) is 24.2 Å². The monoisotopic (exact) mass is 296 g/mol. The van der Waals surface area contributed by atoms with Gasteiger partial charge >= 0.3 is 0 Å². The first-order chi connectivity index (χ1) is 9.58. The second kappa shape index (κ2) is 6.24. The van der Waals surface area contributed by atoms with E-state index in [0.29, 0.717) is 36.0 Å². The number of carbonyl (C=O) groups is 2. The molecule has 0 fully saturated rings. The van der Waals surface area contributed by atoms with E-state index in [9.17, 15) is 9.59 Å². The minimum absolute atomic E-state index is 0.338. The summed E-state index contributed by atoms with van der Waals surface area (Å²) in [7, 11) is 0. The number of ether oxygens (including phenoxy) is 1. The summed E-state index contributed by atoms with van der Waals surface area (Å²) in [6.45, 7) is 6.68. The first-order valence-corrected chi connectivity index (χ1v) is 6.98. The lowest BCUT2D eigenvalue weighted by molar-refractivity contribution is -0.112. The number of benzene rings is 1. The summed E-state index contributed by atoms with van der Waals surface area (Å²) in [5.41, 5.74) is 1.65. The maximum Gasteiger partial charge on any atom is 0.296 e. The number of anilines is 2. The van der Waals surface area contributed by atoms with E-state index in [4.69, 9.17) is 16.3 Å². The molecule has 1 amide bonds. The molecule has 0 radical (unpaired) electrons. The van der Waals surface area contributed by atoms with Crippen LogP contribution < -0.4 is 10.2 Å². The van der Waals surface area contributed by atoms with Crippen molar-refractivity contribution in [3.05, 3.63) is 22.7 Å². The van der Waals surface area contributed by atoms with Gasteiger partial charge in [-0.3, -0.25) is 9.59 Å². The van der Waals surface area contributed by atoms with Gasteiger partial charge in [-0.05, 0) is 26.0 Å². The van der Waals surface area contributed by atoms with Crippen molar-refractivity contribution in [2.45, 2.75) is 13.8 Å². The first-order valence-electron chi connectivity index (χ1n) is 6.60. The van der Waals surface area contributed by atoms with E-state index in [0.717, 1.165) is 12.2 Å². The zero-order valence-corrected chi connectivity index (χ0v) is 12.3. The molecule has 1 aromatic carbocycles. The van der Waals surface area contributed by atoms with Crippen molar-refractivity contribution in [2.24, 2.45) is 0 Å². The Morgan fingerprint density at radius 3 is 2.70 bits per heavy atom. The second-order valence-corrected chi connectivity index (χ2v) is 4.82. The smallest absolute Gasteiger partial charge is 0.296 e. The van der Waals surface area contributed by atoms with E-state index in [1.807, 2.05) is 18.7 Å². The van der Waals surface area contributed by atoms with Crippen LogP contribution in [0.25, 0.3) is 0 Å². The normalized spacial score (nSPS) is 13.3. The summed E-state index contributed by atoms with van der Waals surface area (Å²) in [5.74, 6) is -1.14. The van der Waals surface area contributed by atoms with Gasteiger partial charge in [-0.1, -0.05) is 11.6 Å². The molecule has 0 atom stereocenters. The van der Waals surface area contributed by atoms with Gasteiger partial charge in [0, 0.05) is 19.7 Å². The van der Waals surface area contributed by atoms with Crippen LogP contribution in [0.3, 0.4) is 0 Å². The van der Waals surface area contributed by atoms with Crippen molar-refractivity contribution in [2.75, 3.05) is 36.5 Å². The minimum atomic E-state index is -0.606. The standard InChI is InChI=1S/C14H17ClN2O3/c1-3-17(5-6-20-4-2)12-8-11-9(7-10(12)15)13(18)14(19)16-11/h7-8H,3-6H2,1-2H3,(H,16,18,19). The van der Waals surface area contributed by atoms with Crippen LogP contribution >= 0.6 is 11.6 Å². The van der Waals surface area contributed by atoms with Gasteiger partial charge < -0.3 is 15.0 Å². The fraction of sp³-hybridized carbons (Fsp3) is 0.429. The number of nitrogens with one attached hydrogen (secondary N) is 1. The average molecular weight is 297 g/mol. The molecule has 108 valence electrons. The first kappa shape index (κ1) is 14.8. The molecule has 2 rings (SSSR count). The predicted molar refractivity (Wildman–Crippen MR) is 78.8 cm³/mol. The highest BCUT2D eigenvalue weighted by atomic mass is 35.5. The number of nitrogens with zero attached hydrogens (tertiary/aromatic N) is 1. The van der Waals surface area contributed by atoms with Crippen LogP contribution in [-0.2, 0) is 9.53 Å². The van der Waals surface area contributed by atoms with Gasteiger partial charge in [-0.25, -0.2) is 0 Å². The molecule has 0 spiro atoms. The molecular formula is C14H17ClN2O3. The van der Waals surface area contributed by atoms with Crippen LogP contribution in [0.15, 0.2) is 12.1 Å². The fourth-order valence-electron chi connectivity index (χ4n) is 2.16. The average Bonchev–Trinajstić information content (AvgIpc) is 2.70. The van der Waals surface area contributed by atoms with Crippen LogP contribution in [0.5, 0.6) is 0 Å². The number of likely N-dealkylation sites (N-methyl/N-ethyl adjacent to an activating group) is 1. The summed E-state index contributed by atoms with van der Waals surface area (Å²) in [6, 6.07) is 3.30. The number of carbonyl (C=O) groups excluding carboxylic acids is 2. The summed E-state index contributed by atoms with van der Waals surface area (Å²) < 4.78 is 5.35. The Bertz CT molecular complexity index is 545. The third-order valence-corrected chi connectivity index (χ3v) is 3.52. The zero-order valence-electron chi connectivity index (χ0n) is 11.5. The molecule has 0 aromatic heterocycles. The van der Waals surface area contributed by atoms with Gasteiger partial charge in [0.15, 0.2) is 0 Å². The molecule has 0 bridgehead atoms. The van der Waals surface area contributed by atoms with Crippen LogP contribution in [0, 0.1) is 0 Å². The Kier molecular flexibility index (Phi) is 4.62. The molecule has 1 N–H and O–H groups in total. The molecule has 1 aliphatic rings. The Labute approximate surface area is 122 Å². The zero-order chi connectivity index (χ0) is 14.7. The molecule has 6 heteroatoms. The predicted octanol–water partition coefficient (Wildman–Crippen LogP) is 2.34. The van der Waals surface area contributed by atoms with Gasteiger partial charge in [-0.15, -0.1) is 0 Å². The van der Waals surface area contributed by atoms with Gasteiger partial charge in [0.25, 0.3) is 11.7 Å². The highest BCUT2D eigenvalue weighted by molar-refractivity contribution is 6.52. The number of hydrogen-bond donors (Lipinski definition) is 1. The second-order valence-electron chi connectivity index (χ2n) is 4.41. The molecule has 1 heterocycles. The number of fused-ring (bicyclic) bond motifs is 1. The van der Waals surface area contributed by atoms with Crippen molar-refractivity contribution < 1.29 is 14.3 Å². The van der Waals surface area contributed by atoms with E-state index in [2.05, 4.69) is 5.32 Å². The van der Waals surface area contributed by atoms with E-state index < -0.39 is 11.7 Å². The van der Waals surface area contributed by atoms with E-state index in [1.54, 1.807) is 12.1 Å². The van der Waals surface area contributed by atoms with Crippen LogP contribution in [-0.4, -0.2) is 38.0 Å². The summed E-state index contributed by atoms with van der Waals surface area (Å²) in [4.78, 5) is 25.0. The SMILES string of the molecule is CCOCCN(CC)c1cc2c(cc1Cl)C(=O)C(=O)N2. The lowest BCUT2D eigenvalue weighted by Crippen LogP contribution is -2.27. The van der Waals surface area contributed by atoms with Crippen molar-refractivity contribution in [3.63, 3.8) is 0 Å². The maximum absolute atomic E-state index is 11.6. The van der Waals surface area contributed by atoms with Crippen molar-refractivity contribution in [3.8, 4) is 0 Å². The van der Waals surface area contributed by atoms with Gasteiger partial charge in [-0.2, -0.15) is 0 Å². The van der Waals surface area contributed by atoms with Crippen molar-refractivity contribution in [1.82, 2.24) is 0 Å². The minimum Gasteiger partial charge on any atom is -0.380 e. The van der Waals surface area contributed by atoms with E-state index in [-0.39, 0.29) is 0 Å².